The number of carbonyl (C=O) groups is 2. The number of aliphatic imine (C=N–C) groups is 1. The Morgan fingerprint density at radius 3 is 2.76 bits per heavy atom. The van der Waals surface area contributed by atoms with E-state index in [1.54, 1.807) is 23.7 Å². The number of carboxylic acid groups (broad SMARTS) is 1. The zero-order chi connectivity index (χ0) is 24.6. The van der Waals surface area contributed by atoms with Crippen LogP contribution in [0, 0.1) is 0 Å². The molecule has 1 fully saturated rings. The van der Waals surface area contributed by atoms with Crippen molar-refractivity contribution >= 4 is 52.3 Å². The van der Waals surface area contributed by atoms with Gasteiger partial charge in [-0.3, -0.25) is 14.7 Å². The van der Waals surface area contributed by atoms with Gasteiger partial charge in [-0.2, -0.15) is 0 Å². The Labute approximate surface area is 206 Å². The van der Waals surface area contributed by atoms with Gasteiger partial charge < -0.3 is 15.2 Å². The molecule has 2 N–H and O–H groups in total. The van der Waals surface area contributed by atoms with Crippen LogP contribution in [0.3, 0.4) is 0 Å². The molecule has 2 unspecified atom stereocenters. The number of hydrogen-bond acceptors (Lipinski definition) is 8. The number of benzene rings is 1. The lowest BCUT2D eigenvalue weighted by molar-refractivity contribution is -0.142. The first-order valence-electron chi connectivity index (χ1n) is 9.95. The number of rotatable bonds is 6. The van der Waals surface area contributed by atoms with E-state index < -0.39 is 42.9 Å². The minimum atomic E-state index is -3.19. The van der Waals surface area contributed by atoms with Crippen molar-refractivity contribution in [3.63, 3.8) is 0 Å². The number of hydrogen-bond donors (Lipinski definition) is 2. The van der Waals surface area contributed by atoms with E-state index in [0.29, 0.717) is 15.6 Å². The summed E-state index contributed by atoms with van der Waals surface area (Å²) in [4.78, 5) is 34.5. The van der Waals surface area contributed by atoms with Crippen molar-refractivity contribution in [3.05, 3.63) is 61.7 Å². The minimum absolute atomic E-state index is 0.0198. The highest BCUT2D eigenvalue weighted by Gasteiger charge is 2.49. The van der Waals surface area contributed by atoms with Crippen molar-refractivity contribution < 1.29 is 28.2 Å². The van der Waals surface area contributed by atoms with Crippen LogP contribution in [0.15, 0.2) is 46.0 Å². The van der Waals surface area contributed by atoms with Gasteiger partial charge in [-0.05, 0) is 12.1 Å². The second-order valence-electron chi connectivity index (χ2n) is 7.71. The number of methoxy groups -OCH3 is 1. The van der Waals surface area contributed by atoms with Gasteiger partial charge in [0.2, 0.25) is 0 Å². The Morgan fingerprint density at radius 2 is 2.15 bits per heavy atom. The molecule has 2 atom stereocenters. The summed E-state index contributed by atoms with van der Waals surface area (Å²) >= 11 is 13.7. The molecule has 1 aromatic heterocycles. The van der Waals surface area contributed by atoms with Gasteiger partial charge in [-0.25, -0.2) is 18.6 Å². The Hall–Kier alpha value is -2.60. The number of aliphatic carboxylic acids is 1. The van der Waals surface area contributed by atoms with Crippen molar-refractivity contribution in [2.75, 3.05) is 20.2 Å². The number of halogens is 4. The molecule has 0 amide bonds. The number of aromatic nitrogens is 1. The normalized spacial score (nSPS) is 22.3. The molecule has 13 heteroatoms. The van der Waals surface area contributed by atoms with Crippen molar-refractivity contribution in [2.45, 2.75) is 24.4 Å². The standard InChI is InChI=1S/C21H18Cl2F2N4O4S/c1-33-20(32)15-13(8-29-9-21(24,25)7-14(29)19(30)31)27-17(18-26-4-5-34-18)28-16(15)11-3-2-10(22)6-12(11)23/h2-6,14,16H,7-9H2,1H3,(H,27,28)(H,30,31). The van der Waals surface area contributed by atoms with E-state index in [1.165, 1.54) is 24.5 Å². The van der Waals surface area contributed by atoms with E-state index in [-0.39, 0.29) is 28.7 Å². The molecule has 0 spiro atoms. The Kier molecular flexibility index (Phi) is 6.90. The number of carboxylic acids is 1. The van der Waals surface area contributed by atoms with Crippen LogP contribution in [0.25, 0.3) is 0 Å². The van der Waals surface area contributed by atoms with Gasteiger partial charge >= 0.3 is 11.9 Å². The lowest BCUT2D eigenvalue weighted by atomic mass is 9.95. The second kappa shape index (κ2) is 9.57. The van der Waals surface area contributed by atoms with Crippen LogP contribution >= 0.6 is 34.5 Å². The lowest BCUT2D eigenvalue weighted by Gasteiger charge is -2.30. The maximum absolute atomic E-state index is 14.1. The molecular weight excluding hydrogens is 513 g/mol. The highest BCUT2D eigenvalue weighted by atomic mass is 35.5. The van der Waals surface area contributed by atoms with E-state index in [4.69, 9.17) is 27.9 Å². The van der Waals surface area contributed by atoms with Crippen molar-refractivity contribution in [2.24, 2.45) is 4.99 Å². The number of ether oxygens (including phenoxy) is 1. The van der Waals surface area contributed by atoms with Gasteiger partial charge in [-0.15, -0.1) is 11.3 Å². The molecule has 0 saturated carbocycles. The zero-order valence-corrected chi connectivity index (χ0v) is 19.9. The third kappa shape index (κ3) is 4.92. The predicted octanol–water partition coefficient (Wildman–Crippen LogP) is 3.76. The molecule has 0 radical (unpaired) electrons. The molecule has 180 valence electrons. The average Bonchev–Trinajstić information content (AvgIpc) is 3.40. The summed E-state index contributed by atoms with van der Waals surface area (Å²) in [7, 11) is 1.18. The van der Waals surface area contributed by atoms with Crippen LogP contribution in [-0.4, -0.2) is 64.9 Å². The highest BCUT2D eigenvalue weighted by Crippen LogP contribution is 2.39. The molecule has 0 aliphatic carbocycles. The maximum Gasteiger partial charge on any atom is 0.338 e. The Bertz CT molecular complexity index is 1190. The van der Waals surface area contributed by atoms with Gasteiger partial charge in [-0.1, -0.05) is 29.3 Å². The number of likely N-dealkylation sites (tertiary alicyclic amines) is 1. The van der Waals surface area contributed by atoms with Crippen LogP contribution in [0.4, 0.5) is 8.78 Å². The van der Waals surface area contributed by atoms with Gasteiger partial charge in [0.25, 0.3) is 5.92 Å². The fourth-order valence-electron chi connectivity index (χ4n) is 3.96. The molecule has 3 heterocycles. The minimum Gasteiger partial charge on any atom is -0.480 e. The number of nitrogens with zero attached hydrogens (tertiary/aromatic N) is 3. The van der Waals surface area contributed by atoms with Crippen molar-refractivity contribution in [1.29, 1.82) is 0 Å². The van der Waals surface area contributed by atoms with E-state index in [9.17, 15) is 23.5 Å². The first-order chi connectivity index (χ1) is 16.1. The monoisotopic (exact) mass is 530 g/mol. The zero-order valence-electron chi connectivity index (χ0n) is 17.6. The largest absolute Gasteiger partial charge is 0.480 e. The molecular formula is C21H18Cl2F2N4O4S. The molecule has 4 rings (SSSR count). The second-order valence-corrected chi connectivity index (χ2v) is 9.45. The van der Waals surface area contributed by atoms with Crippen LogP contribution in [0.1, 0.15) is 23.0 Å². The van der Waals surface area contributed by atoms with Crippen LogP contribution in [0.2, 0.25) is 10.0 Å². The van der Waals surface area contributed by atoms with Crippen LogP contribution in [0.5, 0.6) is 0 Å². The fourth-order valence-corrected chi connectivity index (χ4v) is 5.06. The SMILES string of the molecule is COC(=O)C1=C(CN2CC(F)(F)CC2C(=O)O)NC(c2nccs2)=NC1c1ccc(Cl)cc1Cl. The first-order valence-corrected chi connectivity index (χ1v) is 11.6. The number of nitrogens with one attached hydrogen (secondary N) is 1. The summed E-state index contributed by atoms with van der Waals surface area (Å²) in [5.41, 5.74) is 0.624. The molecule has 1 aromatic carbocycles. The van der Waals surface area contributed by atoms with E-state index in [1.807, 2.05) is 0 Å². The summed E-state index contributed by atoms with van der Waals surface area (Å²) in [6.45, 7) is -1.07. The number of alkyl halides is 2. The molecule has 2 aromatic rings. The summed E-state index contributed by atoms with van der Waals surface area (Å²) in [5, 5.41) is 15.3. The van der Waals surface area contributed by atoms with Crippen molar-refractivity contribution in [1.82, 2.24) is 15.2 Å². The predicted molar refractivity (Wildman–Crippen MR) is 123 cm³/mol. The topological polar surface area (TPSA) is 104 Å². The maximum atomic E-state index is 14.1. The van der Waals surface area contributed by atoms with E-state index in [0.717, 1.165) is 4.90 Å². The lowest BCUT2D eigenvalue weighted by Crippen LogP contribution is -2.43. The quantitative estimate of drug-likeness (QED) is 0.548. The molecule has 8 nitrogen and oxygen atoms in total. The number of amidine groups is 1. The average molecular weight is 531 g/mol. The van der Waals surface area contributed by atoms with Gasteiger partial charge in [0.1, 0.15) is 12.1 Å². The Balaban J connectivity index is 1.84. The van der Waals surface area contributed by atoms with Gasteiger partial charge in [0.15, 0.2) is 10.8 Å². The summed E-state index contributed by atoms with van der Waals surface area (Å²) in [5.74, 6) is -5.04. The number of thiazole rings is 1. The third-order valence-electron chi connectivity index (χ3n) is 5.44. The van der Waals surface area contributed by atoms with Gasteiger partial charge in [0.05, 0.1) is 19.2 Å². The summed E-state index contributed by atoms with van der Waals surface area (Å²) in [6, 6.07) is 2.28. The van der Waals surface area contributed by atoms with Crippen LogP contribution < -0.4 is 5.32 Å². The van der Waals surface area contributed by atoms with Crippen LogP contribution in [-0.2, 0) is 14.3 Å². The molecule has 2 aliphatic rings. The number of carbonyl (C=O) groups excluding carboxylic acids is 1. The number of esters is 1. The molecule has 2 aliphatic heterocycles. The smallest absolute Gasteiger partial charge is 0.338 e. The van der Waals surface area contributed by atoms with E-state index in [2.05, 4.69) is 15.3 Å². The van der Waals surface area contributed by atoms with Gasteiger partial charge in [0, 0.05) is 45.8 Å². The molecule has 0 bridgehead atoms. The fraction of sp³-hybridized carbons (Fsp3) is 0.333. The summed E-state index contributed by atoms with van der Waals surface area (Å²) < 4.78 is 33.2. The first kappa shape index (κ1) is 24.5. The molecule has 34 heavy (non-hydrogen) atoms. The Morgan fingerprint density at radius 1 is 1.38 bits per heavy atom. The highest BCUT2D eigenvalue weighted by molar-refractivity contribution is 7.11. The third-order valence-corrected chi connectivity index (χ3v) is 6.78. The van der Waals surface area contributed by atoms with Crippen molar-refractivity contribution in [3.8, 4) is 0 Å². The molecule has 1 saturated heterocycles. The van der Waals surface area contributed by atoms with E-state index >= 15 is 0 Å². The summed E-state index contributed by atoms with van der Waals surface area (Å²) in [6.07, 6.45) is 0.734.